The molecule has 0 amide bonds. The Morgan fingerprint density at radius 2 is 2.35 bits per heavy atom. The molecular weight excluding hydrogens is 280 g/mol. The van der Waals surface area contributed by atoms with E-state index in [1.807, 2.05) is 6.92 Å². The summed E-state index contributed by atoms with van der Waals surface area (Å²) in [6, 6.07) is 0. The minimum Gasteiger partial charge on any atom is -0.481 e. The molecule has 2 N–H and O–H groups in total. The lowest BCUT2D eigenvalue weighted by molar-refractivity contribution is -0.138. The lowest BCUT2D eigenvalue weighted by Gasteiger charge is -2.35. The molecule has 2 heterocycles. The number of anilines is 1. The number of aliphatic carboxylic acids is 1. The van der Waals surface area contributed by atoms with Crippen molar-refractivity contribution in [2.75, 3.05) is 24.6 Å². The Morgan fingerprint density at radius 1 is 1.55 bits per heavy atom. The van der Waals surface area contributed by atoms with Crippen LogP contribution < -0.4 is 4.90 Å². The minimum atomic E-state index is -0.788. The molecule has 3 atom stereocenters. The zero-order chi connectivity index (χ0) is 14.3. The van der Waals surface area contributed by atoms with Gasteiger partial charge in [0.05, 0.1) is 24.5 Å². The number of hydrogen-bond donors (Lipinski definition) is 2. The highest BCUT2D eigenvalue weighted by atomic mass is 32.1. The molecule has 0 aromatic carbocycles. The summed E-state index contributed by atoms with van der Waals surface area (Å²) < 4.78 is 5.61. The Morgan fingerprint density at radius 3 is 3.05 bits per heavy atom. The van der Waals surface area contributed by atoms with Crippen LogP contribution in [0.4, 0.5) is 5.13 Å². The molecule has 6 nitrogen and oxygen atoms in total. The number of aliphatic hydroxyl groups excluding tert-OH is 1. The molecule has 3 rings (SSSR count). The number of aliphatic hydroxyl groups is 1. The average molecular weight is 298 g/mol. The van der Waals surface area contributed by atoms with Crippen LogP contribution in [0.2, 0.25) is 0 Å². The standard InChI is InChI=1S/C13H18N2O4S/c1-7-4-15(5-8(6-16)19-7)13-14-11-9(12(17)18)2-3-10(11)20-13/h7-9,16H,2-6H2,1H3,(H,17,18). The van der Waals surface area contributed by atoms with E-state index in [1.54, 1.807) is 11.3 Å². The summed E-state index contributed by atoms with van der Waals surface area (Å²) in [5.41, 5.74) is 0.734. The number of carbonyl (C=O) groups is 1. The number of aromatic nitrogens is 1. The van der Waals surface area contributed by atoms with E-state index in [1.165, 1.54) is 0 Å². The van der Waals surface area contributed by atoms with E-state index in [2.05, 4.69) is 9.88 Å². The van der Waals surface area contributed by atoms with Gasteiger partial charge in [-0.05, 0) is 19.8 Å². The van der Waals surface area contributed by atoms with Gasteiger partial charge in [0.15, 0.2) is 5.13 Å². The molecule has 1 saturated heterocycles. The predicted molar refractivity (Wildman–Crippen MR) is 74.4 cm³/mol. The molecule has 110 valence electrons. The molecule has 0 radical (unpaired) electrons. The Kier molecular flexibility index (Phi) is 3.66. The highest BCUT2D eigenvalue weighted by Gasteiger charge is 2.34. The predicted octanol–water partition coefficient (Wildman–Crippen LogP) is 0.844. The van der Waals surface area contributed by atoms with E-state index in [9.17, 15) is 15.0 Å². The van der Waals surface area contributed by atoms with Gasteiger partial charge in [0.2, 0.25) is 0 Å². The third-order valence-electron chi connectivity index (χ3n) is 3.80. The van der Waals surface area contributed by atoms with Gasteiger partial charge >= 0.3 is 5.97 Å². The maximum atomic E-state index is 11.2. The number of nitrogens with zero attached hydrogens (tertiary/aromatic N) is 2. The Hall–Kier alpha value is -1.18. The van der Waals surface area contributed by atoms with E-state index < -0.39 is 11.9 Å². The van der Waals surface area contributed by atoms with Crippen molar-refractivity contribution < 1.29 is 19.7 Å². The van der Waals surface area contributed by atoms with Crippen LogP contribution in [-0.4, -0.2) is 53.1 Å². The van der Waals surface area contributed by atoms with Gasteiger partial charge in [0.1, 0.15) is 5.92 Å². The van der Waals surface area contributed by atoms with Crippen LogP contribution in [0.5, 0.6) is 0 Å². The van der Waals surface area contributed by atoms with Gasteiger partial charge in [0, 0.05) is 18.0 Å². The SMILES string of the molecule is CC1CN(c2nc3c(s2)CCC3C(=O)O)CC(CO)O1. The van der Waals surface area contributed by atoms with Crippen molar-refractivity contribution in [2.45, 2.75) is 37.9 Å². The quantitative estimate of drug-likeness (QED) is 0.860. The first kappa shape index (κ1) is 13.8. The van der Waals surface area contributed by atoms with E-state index in [4.69, 9.17) is 4.74 Å². The molecule has 1 fully saturated rings. The second kappa shape index (κ2) is 5.31. The average Bonchev–Trinajstić information content (AvgIpc) is 2.96. The molecule has 3 unspecified atom stereocenters. The van der Waals surface area contributed by atoms with Crippen LogP contribution >= 0.6 is 11.3 Å². The first-order chi connectivity index (χ1) is 9.58. The summed E-state index contributed by atoms with van der Waals surface area (Å²) in [5.74, 6) is -1.24. The maximum Gasteiger partial charge on any atom is 0.312 e. The summed E-state index contributed by atoms with van der Waals surface area (Å²) in [5, 5.41) is 19.3. The number of carboxylic acids is 1. The second-order valence-electron chi connectivity index (χ2n) is 5.39. The number of carboxylic acid groups (broad SMARTS) is 1. The number of aryl methyl sites for hydroxylation is 1. The second-order valence-corrected chi connectivity index (χ2v) is 6.45. The van der Waals surface area contributed by atoms with Crippen molar-refractivity contribution in [1.29, 1.82) is 0 Å². The summed E-state index contributed by atoms with van der Waals surface area (Å²) in [4.78, 5) is 18.9. The van der Waals surface area contributed by atoms with Gasteiger partial charge in [-0.1, -0.05) is 0 Å². The minimum absolute atomic E-state index is 0.0102. The summed E-state index contributed by atoms with van der Waals surface area (Å²) in [7, 11) is 0. The van der Waals surface area contributed by atoms with Crippen LogP contribution in [0.25, 0.3) is 0 Å². The highest BCUT2D eigenvalue weighted by Crippen LogP contribution is 2.40. The zero-order valence-corrected chi connectivity index (χ0v) is 12.1. The van der Waals surface area contributed by atoms with E-state index in [0.717, 1.165) is 28.7 Å². The molecule has 1 aliphatic carbocycles. The number of morpholine rings is 1. The molecule has 1 aliphatic heterocycles. The van der Waals surface area contributed by atoms with Gasteiger partial charge in [-0.2, -0.15) is 0 Å². The smallest absolute Gasteiger partial charge is 0.312 e. The normalized spacial score (nSPS) is 29.5. The molecular formula is C13H18N2O4S. The van der Waals surface area contributed by atoms with Crippen LogP contribution in [-0.2, 0) is 16.0 Å². The fourth-order valence-electron chi connectivity index (χ4n) is 2.89. The van der Waals surface area contributed by atoms with Gasteiger partial charge in [-0.15, -0.1) is 11.3 Å². The molecule has 7 heteroatoms. The largest absolute Gasteiger partial charge is 0.481 e. The number of ether oxygens (including phenoxy) is 1. The Labute approximate surface area is 121 Å². The van der Waals surface area contributed by atoms with Gasteiger partial charge in [-0.3, -0.25) is 4.79 Å². The third-order valence-corrected chi connectivity index (χ3v) is 5.00. The molecule has 1 aromatic rings. The number of rotatable bonds is 3. The van der Waals surface area contributed by atoms with Crippen molar-refractivity contribution in [2.24, 2.45) is 0 Å². The topological polar surface area (TPSA) is 82.9 Å². The molecule has 0 saturated carbocycles. The number of fused-ring (bicyclic) bond motifs is 1. The van der Waals surface area contributed by atoms with E-state index in [-0.39, 0.29) is 18.8 Å². The molecule has 20 heavy (non-hydrogen) atoms. The van der Waals surface area contributed by atoms with Gasteiger partial charge < -0.3 is 19.8 Å². The lowest BCUT2D eigenvalue weighted by atomic mass is 10.1. The molecule has 2 aliphatic rings. The maximum absolute atomic E-state index is 11.2. The van der Waals surface area contributed by atoms with Crippen LogP contribution in [0.15, 0.2) is 0 Å². The third kappa shape index (κ3) is 2.41. The number of thiazole rings is 1. The van der Waals surface area contributed by atoms with E-state index in [0.29, 0.717) is 13.0 Å². The van der Waals surface area contributed by atoms with Crippen LogP contribution in [0.1, 0.15) is 29.8 Å². The van der Waals surface area contributed by atoms with Crippen molar-refractivity contribution in [1.82, 2.24) is 4.98 Å². The number of hydrogen-bond acceptors (Lipinski definition) is 6. The fourth-order valence-corrected chi connectivity index (χ4v) is 4.05. The van der Waals surface area contributed by atoms with Crippen molar-refractivity contribution >= 4 is 22.4 Å². The van der Waals surface area contributed by atoms with Crippen molar-refractivity contribution in [3.05, 3.63) is 10.6 Å². The summed E-state index contributed by atoms with van der Waals surface area (Å²) in [6.07, 6.45) is 1.29. The van der Waals surface area contributed by atoms with Crippen LogP contribution in [0.3, 0.4) is 0 Å². The molecule has 0 spiro atoms. The Bertz CT molecular complexity index is 518. The van der Waals surface area contributed by atoms with Gasteiger partial charge in [0.25, 0.3) is 0 Å². The lowest BCUT2D eigenvalue weighted by Crippen LogP contribution is -2.48. The van der Waals surface area contributed by atoms with Crippen LogP contribution in [0, 0.1) is 0 Å². The van der Waals surface area contributed by atoms with E-state index >= 15 is 0 Å². The highest BCUT2D eigenvalue weighted by molar-refractivity contribution is 7.15. The summed E-state index contributed by atoms with van der Waals surface area (Å²) >= 11 is 1.58. The first-order valence-electron chi connectivity index (χ1n) is 6.82. The molecule has 1 aromatic heterocycles. The van der Waals surface area contributed by atoms with Crippen molar-refractivity contribution in [3.63, 3.8) is 0 Å². The monoisotopic (exact) mass is 298 g/mol. The van der Waals surface area contributed by atoms with Crippen molar-refractivity contribution in [3.8, 4) is 0 Å². The Balaban J connectivity index is 1.82. The zero-order valence-electron chi connectivity index (χ0n) is 11.3. The summed E-state index contributed by atoms with van der Waals surface area (Å²) in [6.45, 7) is 3.28. The first-order valence-corrected chi connectivity index (χ1v) is 7.63. The molecule has 0 bridgehead atoms. The fraction of sp³-hybridized carbons (Fsp3) is 0.692. The van der Waals surface area contributed by atoms with Gasteiger partial charge in [-0.25, -0.2) is 4.98 Å².